The molecule has 0 spiro atoms. The molecule has 0 aliphatic rings. The lowest BCUT2D eigenvalue weighted by molar-refractivity contribution is 0.674. The molecular weight excluding hydrogens is 741 g/mol. The van der Waals surface area contributed by atoms with Crippen molar-refractivity contribution in [2.45, 2.75) is 0 Å². The maximum absolute atomic E-state index is 9.68. The van der Waals surface area contributed by atoms with Crippen LogP contribution in [0.1, 0.15) is 12.3 Å². The number of anilines is 3. The van der Waals surface area contributed by atoms with Gasteiger partial charge in [-0.25, -0.2) is 0 Å². The first kappa shape index (κ1) is 26.8. The van der Waals surface area contributed by atoms with E-state index in [0.29, 0.717) is 22.5 Å². The van der Waals surface area contributed by atoms with E-state index in [1.807, 2.05) is 109 Å². The van der Waals surface area contributed by atoms with Crippen LogP contribution in [-0.2, 0) is 0 Å². The van der Waals surface area contributed by atoms with Gasteiger partial charge in [0.25, 0.3) is 0 Å². The Morgan fingerprint density at radius 3 is 1.80 bits per heavy atom. The molecule has 0 unspecified atom stereocenters. The van der Waals surface area contributed by atoms with Crippen molar-refractivity contribution in [1.82, 2.24) is 4.57 Å². The highest BCUT2D eigenvalue weighted by atomic mass is 16.3. The van der Waals surface area contributed by atoms with E-state index in [1.165, 1.54) is 0 Å². The molecule has 3 nitrogen and oxygen atoms in total. The molecule has 2 heterocycles. The van der Waals surface area contributed by atoms with Gasteiger partial charge >= 0.3 is 0 Å². The molecule has 0 saturated carbocycles. The van der Waals surface area contributed by atoms with Crippen LogP contribution < -0.4 is 4.90 Å². The minimum absolute atomic E-state index is 0.0950. The quantitative estimate of drug-likeness (QED) is 0.160. The molecule has 61 heavy (non-hydrogen) atoms. The van der Waals surface area contributed by atoms with Gasteiger partial charge in [-0.05, 0) is 88.3 Å². The van der Waals surface area contributed by atoms with E-state index >= 15 is 0 Å². The standard InChI is InChI=1S/C58H38N2O/c1-2-14-39(15-3-1)40-28-33-44(34-29-40)59(54-25-9-8-22-50(54)51-23-13-24-52-53-37-32-42-16-4-5-19-47(42)57(53)61-58(51)52)45-35-30-41(31-36-45)43-17-12-18-46(38-43)60-55-26-10-6-20-48(55)49-21-7-11-27-56(49)60/h1-38H/i1D,2D,3D,14D,15D,28D,29D,33D,34D. The summed E-state index contributed by atoms with van der Waals surface area (Å²) in [5.74, 6) is 0. The number of nitrogens with zero attached hydrogens (tertiary/aromatic N) is 2. The Morgan fingerprint density at radius 1 is 0.393 bits per heavy atom. The van der Waals surface area contributed by atoms with E-state index in [4.69, 9.17) is 11.3 Å². The lowest BCUT2D eigenvalue weighted by atomic mass is 9.98. The van der Waals surface area contributed by atoms with Gasteiger partial charge in [-0.1, -0.05) is 170 Å². The van der Waals surface area contributed by atoms with Crippen LogP contribution in [0.4, 0.5) is 17.1 Å². The van der Waals surface area contributed by atoms with E-state index in [-0.39, 0.29) is 11.3 Å². The molecule has 3 heteroatoms. The minimum Gasteiger partial charge on any atom is -0.455 e. The molecule has 0 fully saturated rings. The SMILES string of the molecule is [2H]c1c([2H])c([2H])c(-c2c([2H])c([2H])c(N(c3ccc(-c4cccc(-n5c6ccccc6c6ccccc65)c4)cc3)c3ccccc3-c3cccc4c3oc3c5ccccc5ccc43)c([2H])c2[2H])c([2H])c1[2H]. The highest BCUT2D eigenvalue weighted by Gasteiger charge is 2.21. The van der Waals surface area contributed by atoms with Crippen LogP contribution >= 0.6 is 0 Å². The maximum Gasteiger partial charge on any atom is 0.143 e. The van der Waals surface area contributed by atoms with Crippen molar-refractivity contribution in [3.05, 3.63) is 230 Å². The molecule has 286 valence electrons. The normalized spacial score (nSPS) is 13.7. The van der Waals surface area contributed by atoms with Crippen LogP contribution in [0.15, 0.2) is 235 Å². The number of hydrogen-bond acceptors (Lipinski definition) is 2. The molecule has 0 aliphatic carbocycles. The third-order valence-electron chi connectivity index (χ3n) is 11.6. The highest BCUT2D eigenvalue weighted by Crippen LogP contribution is 2.46. The number of hydrogen-bond donors (Lipinski definition) is 0. The highest BCUT2D eigenvalue weighted by molar-refractivity contribution is 6.17. The summed E-state index contributed by atoms with van der Waals surface area (Å²) < 4.78 is 89.6. The first-order chi connectivity index (χ1) is 34.0. The van der Waals surface area contributed by atoms with Gasteiger partial charge in [0.1, 0.15) is 11.2 Å². The molecule has 12 aromatic rings. The van der Waals surface area contributed by atoms with Crippen molar-refractivity contribution in [2.24, 2.45) is 0 Å². The van der Waals surface area contributed by atoms with E-state index < -0.39 is 59.9 Å². The summed E-state index contributed by atoms with van der Waals surface area (Å²) in [6.07, 6.45) is 0. The Labute approximate surface area is 366 Å². The zero-order chi connectivity index (χ0) is 48.1. The van der Waals surface area contributed by atoms with Gasteiger partial charge in [0.2, 0.25) is 0 Å². The average Bonchev–Trinajstić information content (AvgIpc) is 3.96. The molecule has 0 N–H and O–H groups in total. The Kier molecular flexibility index (Phi) is 6.28. The number of rotatable bonds is 7. The van der Waals surface area contributed by atoms with Gasteiger partial charge in [-0.3, -0.25) is 0 Å². The number of para-hydroxylation sites is 4. The van der Waals surface area contributed by atoms with E-state index in [2.05, 4.69) is 71.3 Å². The van der Waals surface area contributed by atoms with Crippen molar-refractivity contribution < 1.29 is 16.8 Å². The van der Waals surface area contributed by atoms with Crippen LogP contribution in [0.5, 0.6) is 0 Å². The van der Waals surface area contributed by atoms with Gasteiger partial charge in [-0.15, -0.1) is 0 Å². The predicted molar refractivity (Wildman–Crippen MR) is 257 cm³/mol. The van der Waals surface area contributed by atoms with Crippen molar-refractivity contribution >= 4 is 71.6 Å². The lowest BCUT2D eigenvalue weighted by Crippen LogP contribution is -2.11. The Hall–Kier alpha value is -8.14. The molecule has 0 saturated heterocycles. The summed E-state index contributed by atoms with van der Waals surface area (Å²) in [5, 5.41) is 6.19. The molecule has 10 aromatic carbocycles. The molecule has 0 aliphatic heterocycles. The summed E-state index contributed by atoms with van der Waals surface area (Å²) in [7, 11) is 0. The second-order valence-corrected chi connectivity index (χ2v) is 15.0. The van der Waals surface area contributed by atoms with Crippen molar-refractivity contribution in [1.29, 1.82) is 0 Å². The third kappa shape index (κ3) is 5.82. The molecule has 2 aromatic heterocycles. The molecule has 0 atom stereocenters. The van der Waals surface area contributed by atoms with E-state index in [0.717, 1.165) is 71.3 Å². The number of furan rings is 1. The second kappa shape index (κ2) is 14.3. The smallest absolute Gasteiger partial charge is 0.143 e. The molecule has 0 bridgehead atoms. The van der Waals surface area contributed by atoms with E-state index in [1.54, 1.807) is 4.90 Å². The van der Waals surface area contributed by atoms with Gasteiger partial charge in [0, 0.05) is 55.1 Å². The monoisotopic (exact) mass is 787 g/mol. The Morgan fingerprint density at radius 2 is 1.02 bits per heavy atom. The summed E-state index contributed by atoms with van der Waals surface area (Å²) in [5.41, 5.74) is 7.99. The summed E-state index contributed by atoms with van der Waals surface area (Å²) in [4.78, 5) is 1.71. The predicted octanol–water partition coefficient (Wildman–Crippen LogP) is 16.3. The van der Waals surface area contributed by atoms with Crippen LogP contribution in [0.2, 0.25) is 0 Å². The zero-order valence-electron chi connectivity index (χ0n) is 41.5. The second-order valence-electron chi connectivity index (χ2n) is 15.0. The summed E-state index contributed by atoms with van der Waals surface area (Å²) >= 11 is 0. The van der Waals surface area contributed by atoms with Crippen molar-refractivity contribution in [2.75, 3.05) is 4.90 Å². The van der Waals surface area contributed by atoms with Crippen LogP contribution in [0.25, 0.3) is 93.6 Å². The molecule has 0 radical (unpaired) electrons. The Balaban J connectivity index is 1.06. The fraction of sp³-hybridized carbons (Fsp3) is 0. The molecule has 12 rings (SSSR count). The van der Waals surface area contributed by atoms with Gasteiger partial charge in [0.15, 0.2) is 0 Å². The number of fused-ring (bicyclic) bond motifs is 8. The first-order valence-corrected chi connectivity index (χ1v) is 20.1. The zero-order valence-corrected chi connectivity index (χ0v) is 32.5. The van der Waals surface area contributed by atoms with Gasteiger partial charge in [0.05, 0.1) is 29.1 Å². The average molecular weight is 788 g/mol. The lowest BCUT2D eigenvalue weighted by Gasteiger charge is -2.28. The van der Waals surface area contributed by atoms with Gasteiger partial charge in [-0.2, -0.15) is 0 Å². The van der Waals surface area contributed by atoms with E-state index in [9.17, 15) is 5.48 Å². The van der Waals surface area contributed by atoms with Crippen molar-refractivity contribution in [3.63, 3.8) is 0 Å². The first-order valence-electron chi connectivity index (χ1n) is 24.6. The maximum atomic E-state index is 9.68. The molecule has 0 amide bonds. The summed E-state index contributed by atoms with van der Waals surface area (Å²) in [6.45, 7) is 0. The number of aromatic nitrogens is 1. The Bertz CT molecular complexity index is 4030. The van der Waals surface area contributed by atoms with Gasteiger partial charge < -0.3 is 13.9 Å². The topological polar surface area (TPSA) is 21.3 Å². The summed E-state index contributed by atoms with van der Waals surface area (Å²) in [6, 6.07) is 53.3. The van der Waals surface area contributed by atoms with Crippen LogP contribution in [0.3, 0.4) is 0 Å². The largest absolute Gasteiger partial charge is 0.455 e. The molecular formula is C58H38N2O. The third-order valence-corrected chi connectivity index (χ3v) is 11.6. The van der Waals surface area contributed by atoms with Crippen molar-refractivity contribution in [3.8, 4) is 39.1 Å². The van der Waals surface area contributed by atoms with Crippen LogP contribution in [0, 0.1) is 0 Å². The fourth-order valence-corrected chi connectivity index (χ4v) is 8.77. The van der Waals surface area contributed by atoms with Crippen LogP contribution in [-0.4, -0.2) is 4.57 Å². The number of benzene rings is 10. The fourth-order valence-electron chi connectivity index (χ4n) is 8.77. The minimum atomic E-state index is -0.638.